The lowest BCUT2D eigenvalue weighted by atomic mass is 10.00. The van der Waals surface area contributed by atoms with Crippen molar-refractivity contribution in [1.82, 2.24) is 5.32 Å². The molecule has 1 N–H and O–H groups in total. The molecule has 19 heavy (non-hydrogen) atoms. The van der Waals surface area contributed by atoms with E-state index in [2.05, 4.69) is 33.0 Å². The first-order valence-electron chi connectivity index (χ1n) is 8.64. The van der Waals surface area contributed by atoms with Crippen LogP contribution in [-0.4, -0.2) is 25.3 Å². The lowest BCUT2D eigenvalue weighted by molar-refractivity contribution is 0.0294. The summed E-state index contributed by atoms with van der Waals surface area (Å²) in [5, 5.41) is 3.60. The zero-order chi connectivity index (χ0) is 14.3. The third-order valence-electron chi connectivity index (χ3n) is 3.82. The summed E-state index contributed by atoms with van der Waals surface area (Å²) in [6, 6.07) is 0.547. The number of hydrogen-bond acceptors (Lipinski definition) is 2. The molecule has 2 unspecified atom stereocenters. The average molecular weight is 271 g/mol. The Morgan fingerprint density at radius 3 is 2.00 bits per heavy atom. The fraction of sp³-hybridized carbons (Fsp3) is 1.00. The zero-order valence-electron chi connectivity index (χ0n) is 13.8. The summed E-state index contributed by atoms with van der Waals surface area (Å²) in [5.74, 6) is 0. The van der Waals surface area contributed by atoms with Gasteiger partial charge in [0.05, 0.1) is 6.10 Å². The number of hydrogen-bond donors (Lipinski definition) is 1. The van der Waals surface area contributed by atoms with Crippen LogP contribution in [0.5, 0.6) is 0 Å². The Morgan fingerprint density at radius 1 is 0.842 bits per heavy atom. The highest BCUT2D eigenvalue weighted by Gasteiger charge is 2.18. The van der Waals surface area contributed by atoms with Crippen molar-refractivity contribution >= 4 is 0 Å². The van der Waals surface area contributed by atoms with Gasteiger partial charge in [-0.1, -0.05) is 65.7 Å². The molecule has 0 aromatic heterocycles. The predicted molar refractivity (Wildman–Crippen MR) is 85.8 cm³/mol. The quantitative estimate of drug-likeness (QED) is 0.453. The third kappa shape index (κ3) is 10.4. The summed E-state index contributed by atoms with van der Waals surface area (Å²) in [6.07, 6.45) is 12.5. The van der Waals surface area contributed by atoms with Crippen LogP contribution < -0.4 is 5.32 Å². The van der Waals surface area contributed by atoms with Gasteiger partial charge in [0.25, 0.3) is 0 Å². The molecular weight excluding hydrogens is 234 g/mol. The molecule has 0 amide bonds. The van der Waals surface area contributed by atoms with E-state index in [1.54, 1.807) is 0 Å². The Balaban J connectivity index is 3.74. The molecule has 2 nitrogen and oxygen atoms in total. The van der Waals surface area contributed by atoms with Gasteiger partial charge in [0.1, 0.15) is 0 Å². The van der Waals surface area contributed by atoms with Crippen LogP contribution in [0.3, 0.4) is 0 Å². The van der Waals surface area contributed by atoms with Gasteiger partial charge >= 0.3 is 0 Å². The van der Waals surface area contributed by atoms with Gasteiger partial charge in [0, 0.05) is 12.6 Å². The van der Waals surface area contributed by atoms with Crippen molar-refractivity contribution in [3.8, 4) is 0 Å². The highest BCUT2D eigenvalue weighted by molar-refractivity contribution is 4.75. The van der Waals surface area contributed by atoms with Gasteiger partial charge in [0.15, 0.2) is 0 Å². The summed E-state index contributed by atoms with van der Waals surface area (Å²) < 4.78 is 5.85. The molecule has 0 aliphatic rings. The van der Waals surface area contributed by atoms with Crippen molar-refractivity contribution in [3.05, 3.63) is 0 Å². The van der Waals surface area contributed by atoms with E-state index in [9.17, 15) is 0 Å². The Kier molecular flexibility index (Phi) is 14.3. The summed E-state index contributed by atoms with van der Waals surface area (Å²) >= 11 is 0. The standard InChI is InChI=1S/C17H37NO/c1-5-9-10-11-12-13-14-15-16(18-7-3)17(6-2)19-8-4/h16-18H,5-15H2,1-4H3. The molecule has 0 heterocycles. The number of likely N-dealkylation sites (N-methyl/N-ethyl adjacent to an activating group) is 1. The third-order valence-corrected chi connectivity index (χ3v) is 3.82. The van der Waals surface area contributed by atoms with Gasteiger partial charge in [-0.3, -0.25) is 0 Å². The van der Waals surface area contributed by atoms with Gasteiger partial charge in [-0.05, 0) is 26.3 Å². The van der Waals surface area contributed by atoms with Gasteiger partial charge in [-0.25, -0.2) is 0 Å². The Morgan fingerprint density at radius 2 is 1.47 bits per heavy atom. The molecule has 0 rings (SSSR count). The zero-order valence-corrected chi connectivity index (χ0v) is 13.8. The Labute approximate surface area is 121 Å². The predicted octanol–water partition coefficient (Wildman–Crippen LogP) is 4.92. The Hall–Kier alpha value is -0.0800. The monoisotopic (exact) mass is 271 g/mol. The summed E-state index contributed by atoms with van der Waals surface area (Å²) in [4.78, 5) is 0. The fourth-order valence-electron chi connectivity index (χ4n) is 2.74. The molecule has 0 aromatic carbocycles. The maximum Gasteiger partial charge on any atom is 0.0725 e. The van der Waals surface area contributed by atoms with Crippen LogP contribution in [0.25, 0.3) is 0 Å². The van der Waals surface area contributed by atoms with E-state index in [-0.39, 0.29) is 0 Å². The largest absolute Gasteiger partial charge is 0.377 e. The SMILES string of the molecule is CCCCCCCCCC(NCC)C(CC)OCC. The van der Waals surface area contributed by atoms with Crippen molar-refractivity contribution in [2.24, 2.45) is 0 Å². The average Bonchev–Trinajstić information content (AvgIpc) is 2.43. The first-order chi connectivity index (χ1) is 9.29. The van der Waals surface area contributed by atoms with Crippen LogP contribution in [0.15, 0.2) is 0 Å². The minimum atomic E-state index is 0.394. The normalized spacial score (nSPS) is 14.5. The van der Waals surface area contributed by atoms with Crippen molar-refractivity contribution in [2.75, 3.05) is 13.2 Å². The molecule has 0 fully saturated rings. The molecule has 0 spiro atoms. The molecule has 0 aliphatic heterocycles. The fourth-order valence-corrected chi connectivity index (χ4v) is 2.74. The number of ether oxygens (including phenoxy) is 1. The van der Waals surface area contributed by atoms with E-state index < -0.39 is 0 Å². The molecule has 0 aromatic rings. The maximum atomic E-state index is 5.85. The van der Waals surface area contributed by atoms with Gasteiger partial charge in [0.2, 0.25) is 0 Å². The van der Waals surface area contributed by atoms with E-state index in [1.165, 1.54) is 51.4 Å². The second kappa shape index (κ2) is 14.3. The van der Waals surface area contributed by atoms with Crippen LogP contribution >= 0.6 is 0 Å². The minimum Gasteiger partial charge on any atom is -0.377 e. The summed E-state index contributed by atoms with van der Waals surface area (Å²) in [5.41, 5.74) is 0. The molecule has 0 saturated carbocycles. The van der Waals surface area contributed by atoms with Crippen LogP contribution in [0.2, 0.25) is 0 Å². The van der Waals surface area contributed by atoms with Gasteiger partial charge in [-0.15, -0.1) is 0 Å². The highest BCUT2D eigenvalue weighted by atomic mass is 16.5. The first-order valence-corrected chi connectivity index (χ1v) is 8.64. The maximum absolute atomic E-state index is 5.85. The molecule has 0 radical (unpaired) electrons. The lowest BCUT2D eigenvalue weighted by Gasteiger charge is -2.27. The van der Waals surface area contributed by atoms with Crippen LogP contribution in [0.4, 0.5) is 0 Å². The molecule has 116 valence electrons. The molecule has 0 saturated heterocycles. The smallest absolute Gasteiger partial charge is 0.0725 e. The van der Waals surface area contributed by atoms with E-state index in [1.807, 2.05) is 0 Å². The molecule has 2 heteroatoms. The van der Waals surface area contributed by atoms with E-state index >= 15 is 0 Å². The van der Waals surface area contributed by atoms with Gasteiger partial charge in [-0.2, -0.15) is 0 Å². The minimum absolute atomic E-state index is 0.394. The molecule has 0 aliphatic carbocycles. The molecule has 0 bridgehead atoms. The van der Waals surface area contributed by atoms with Crippen LogP contribution in [0, 0.1) is 0 Å². The summed E-state index contributed by atoms with van der Waals surface area (Å²) in [6.45, 7) is 10.7. The van der Waals surface area contributed by atoms with Gasteiger partial charge < -0.3 is 10.1 Å². The summed E-state index contributed by atoms with van der Waals surface area (Å²) in [7, 11) is 0. The van der Waals surface area contributed by atoms with Crippen molar-refractivity contribution in [3.63, 3.8) is 0 Å². The number of nitrogens with one attached hydrogen (secondary N) is 1. The van der Waals surface area contributed by atoms with Crippen molar-refractivity contribution in [1.29, 1.82) is 0 Å². The number of rotatable bonds is 14. The van der Waals surface area contributed by atoms with E-state index in [4.69, 9.17) is 4.74 Å². The number of unbranched alkanes of at least 4 members (excludes halogenated alkanes) is 6. The molecular formula is C17H37NO. The van der Waals surface area contributed by atoms with Crippen LogP contribution in [0.1, 0.15) is 85.5 Å². The van der Waals surface area contributed by atoms with Crippen molar-refractivity contribution < 1.29 is 4.74 Å². The topological polar surface area (TPSA) is 21.3 Å². The van der Waals surface area contributed by atoms with Crippen molar-refractivity contribution in [2.45, 2.75) is 97.6 Å². The van der Waals surface area contributed by atoms with Crippen LogP contribution in [-0.2, 0) is 4.74 Å². The van der Waals surface area contributed by atoms with E-state index in [0.717, 1.165) is 19.6 Å². The molecule has 2 atom stereocenters. The second-order valence-corrected chi connectivity index (χ2v) is 5.48. The second-order valence-electron chi connectivity index (χ2n) is 5.48. The Bertz CT molecular complexity index is 173. The first kappa shape index (κ1) is 18.9. The lowest BCUT2D eigenvalue weighted by Crippen LogP contribution is -2.41. The highest BCUT2D eigenvalue weighted by Crippen LogP contribution is 2.14. The van der Waals surface area contributed by atoms with E-state index in [0.29, 0.717) is 12.1 Å².